The summed E-state index contributed by atoms with van der Waals surface area (Å²) in [7, 11) is 0. The van der Waals surface area contributed by atoms with Crippen LogP contribution in [0.5, 0.6) is 0 Å². The molecule has 0 radical (unpaired) electrons. The summed E-state index contributed by atoms with van der Waals surface area (Å²) in [5.74, 6) is 4.04. The van der Waals surface area contributed by atoms with Gasteiger partial charge in [0.1, 0.15) is 6.04 Å². The largest absolute Gasteiger partial charge is 0.480 e. The minimum atomic E-state index is -0.889. The lowest BCUT2D eigenvalue weighted by Gasteiger charge is -2.07. The lowest BCUT2D eigenvalue weighted by molar-refractivity contribution is -0.139. The van der Waals surface area contributed by atoms with Crippen molar-refractivity contribution < 1.29 is 9.90 Å². The molecule has 0 saturated carbocycles. The average Bonchev–Trinajstić information content (AvgIpc) is 1.82. The zero-order chi connectivity index (χ0) is 7.28. The second-order valence-electron chi connectivity index (χ2n) is 1.85. The second kappa shape index (κ2) is 4.29. The molecule has 0 rings (SSSR count). The topological polar surface area (TPSA) is 75.3 Å². The smallest absolute Gasteiger partial charge is 0.322 e. The molecule has 0 saturated heterocycles. The normalized spacial score (nSPS) is 13.1. The quantitative estimate of drug-likeness (QED) is 0.362. The van der Waals surface area contributed by atoms with Gasteiger partial charge >= 0.3 is 5.97 Å². The zero-order valence-electron chi connectivity index (χ0n) is 5.42. The summed E-state index contributed by atoms with van der Waals surface area (Å²) in [6, 6.07) is -0.588. The van der Waals surface area contributed by atoms with Crippen LogP contribution < -0.4 is 11.3 Å². The van der Waals surface area contributed by atoms with Gasteiger partial charge in [0.25, 0.3) is 0 Å². The molecule has 0 amide bonds. The number of hydrogen-bond donors (Lipinski definition) is 3. The number of carboxylic acids is 1. The van der Waals surface area contributed by atoms with Crippen molar-refractivity contribution in [1.82, 2.24) is 5.43 Å². The molecule has 9 heavy (non-hydrogen) atoms. The molecule has 54 valence electrons. The van der Waals surface area contributed by atoms with Gasteiger partial charge in [0.2, 0.25) is 0 Å². The molecule has 1 unspecified atom stereocenters. The van der Waals surface area contributed by atoms with Gasteiger partial charge in [-0.15, -0.1) is 0 Å². The van der Waals surface area contributed by atoms with E-state index in [9.17, 15) is 4.79 Å². The molecule has 0 aromatic carbocycles. The Labute approximate surface area is 54.0 Å². The highest BCUT2D eigenvalue weighted by Gasteiger charge is 2.12. The first-order chi connectivity index (χ1) is 4.22. The summed E-state index contributed by atoms with van der Waals surface area (Å²) in [5, 5.41) is 8.36. The van der Waals surface area contributed by atoms with Gasteiger partial charge in [-0.2, -0.15) is 0 Å². The Morgan fingerprint density at radius 2 is 2.44 bits per heavy atom. The third-order valence-electron chi connectivity index (χ3n) is 1.08. The predicted octanol–water partition coefficient (Wildman–Crippen LogP) is -0.297. The first kappa shape index (κ1) is 8.39. The molecule has 0 bridgehead atoms. The van der Waals surface area contributed by atoms with Crippen molar-refractivity contribution in [3.05, 3.63) is 0 Å². The van der Waals surface area contributed by atoms with Gasteiger partial charge in [-0.3, -0.25) is 10.6 Å². The van der Waals surface area contributed by atoms with E-state index in [0.29, 0.717) is 6.42 Å². The minimum absolute atomic E-state index is 0.575. The SMILES string of the molecule is CCCC(NN)C(=O)O. The van der Waals surface area contributed by atoms with Crippen molar-refractivity contribution in [1.29, 1.82) is 0 Å². The second-order valence-corrected chi connectivity index (χ2v) is 1.85. The third kappa shape index (κ3) is 3.05. The Morgan fingerprint density at radius 3 is 2.56 bits per heavy atom. The maximum absolute atomic E-state index is 10.2. The molecule has 0 heterocycles. The fourth-order valence-corrected chi connectivity index (χ4v) is 0.567. The van der Waals surface area contributed by atoms with E-state index in [4.69, 9.17) is 10.9 Å². The molecule has 0 fully saturated rings. The lowest BCUT2D eigenvalue weighted by atomic mass is 10.2. The summed E-state index contributed by atoms with van der Waals surface area (Å²) in [4.78, 5) is 10.2. The highest BCUT2D eigenvalue weighted by atomic mass is 16.4. The van der Waals surface area contributed by atoms with Crippen LogP contribution in [0.3, 0.4) is 0 Å². The number of hydrogen-bond acceptors (Lipinski definition) is 3. The van der Waals surface area contributed by atoms with E-state index in [0.717, 1.165) is 6.42 Å². The van der Waals surface area contributed by atoms with Crippen molar-refractivity contribution in [2.75, 3.05) is 0 Å². The average molecular weight is 132 g/mol. The zero-order valence-corrected chi connectivity index (χ0v) is 5.42. The van der Waals surface area contributed by atoms with Crippen LogP contribution in [0.4, 0.5) is 0 Å². The summed E-state index contributed by atoms with van der Waals surface area (Å²) >= 11 is 0. The van der Waals surface area contributed by atoms with E-state index in [1.807, 2.05) is 6.92 Å². The van der Waals surface area contributed by atoms with Gasteiger partial charge < -0.3 is 5.11 Å². The van der Waals surface area contributed by atoms with E-state index >= 15 is 0 Å². The van der Waals surface area contributed by atoms with Crippen molar-refractivity contribution in [2.45, 2.75) is 25.8 Å². The van der Waals surface area contributed by atoms with Gasteiger partial charge in [0.05, 0.1) is 0 Å². The van der Waals surface area contributed by atoms with E-state index in [2.05, 4.69) is 5.43 Å². The number of rotatable bonds is 4. The summed E-state index contributed by atoms with van der Waals surface area (Å²) in [6.07, 6.45) is 1.40. The summed E-state index contributed by atoms with van der Waals surface area (Å²) in [6.45, 7) is 1.91. The van der Waals surface area contributed by atoms with Gasteiger partial charge in [-0.25, -0.2) is 5.43 Å². The molecule has 0 aliphatic rings. The van der Waals surface area contributed by atoms with E-state index < -0.39 is 12.0 Å². The summed E-state index contributed by atoms with van der Waals surface area (Å²) in [5.41, 5.74) is 2.20. The third-order valence-corrected chi connectivity index (χ3v) is 1.08. The standard InChI is InChI=1S/C5H12N2O2/c1-2-3-4(7-6)5(8)9/h4,7H,2-3,6H2,1H3,(H,8,9). The molecular weight excluding hydrogens is 120 g/mol. The van der Waals surface area contributed by atoms with E-state index in [1.165, 1.54) is 0 Å². The lowest BCUT2D eigenvalue weighted by Crippen LogP contribution is -2.41. The molecule has 1 atom stereocenters. The monoisotopic (exact) mass is 132 g/mol. The molecule has 4 N–H and O–H groups in total. The van der Waals surface area contributed by atoms with E-state index in [1.54, 1.807) is 0 Å². The Balaban J connectivity index is 3.54. The van der Waals surface area contributed by atoms with Crippen LogP contribution in [0.1, 0.15) is 19.8 Å². The number of carboxylic acid groups (broad SMARTS) is 1. The predicted molar refractivity (Wildman–Crippen MR) is 33.7 cm³/mol. The van der Waals surface area contributed by atoms with Crippen LogP contribution in [-0.2, 0) is 4.79 Å². The van der Waals surface area contributed by atoms with Crippen molar-refractivity contribution in [3.63, 3.8) is 0 Å². The Bertz CT molecular complexity index is 95.0. The van der Waals surface area contributed by atoms with Crippen molar-refractivity contribution in [3.8, 4) is 0 Å². The first-order valence-electron chi connectivity index (χ1n) is 2.91. The Morgan fingerprint density at radius 1 is 1.89 bits per heavy atom. The number of nitrogens with two attached hydrogens (primary N) is 1. The molecule has 4 nitrogen and oxygen atoms in total. The van der Waals surface area contributed by atoms with Crippen LogP contribution in [0.25, 0.3) is 0 Å². The fourth-order valence-electron chi connectivity index (χ4n) is 0.567. The molecule has 0 aliphatic carbocycles. The maximum atomic E-state index is 10.2. The molecule has 4 heteroatoms. The van der Waals surface area contributed by atoms with Gasteiger partial charge in [0, 0.05) is 0 Å². The van der Waals surface area contributed by atoms with Crippen molar-refractivity contribution >= 4 is 5.97 Å². The molecule has 0 aliphatic heterocycles. The fraction of sp³-hybridized carbons (Fsp3) is 0.800. The van der Waals surface area contributed by atoms with Crippen molar-refractivity contribution in [2.24, 2.45) is 5.84 Å². The highest BCUT2D eigenvalue weighted by molar-refractivity contribution is 5.73. The van der Waals surface area contributed by atoms with E-state index in [-0.39, 0.29) is 0 Å². The van der Waals surface area contributed by atoms with Crippen LogP contribution in [0.15, 0.2) is 0 Å². The molecule has 0 spiro atoms. The first-order valence-corrected chi connectivity index (χ1v) is 2.91. The van der Waals surface area contributed by atoms with Crippen LogP contribution in [0, 0.1) is 0 Å². The number of nitrogens with one attached hydrogen (secondary N) is 1. The molecule has 0 aromatic heterocycles. The highest BCUT2D eigenvalue weighted by Crippen LogP contribution is 1.93. The van der Waals surface area contributed by atoms with Gasteiger partial charge in [-0.05, 0) is 6.42 Å². The number of carbonyl (C=O) groups is 1. The van der Waals surface area contributed by atoms with Gasteiger partial charge in [-0.1, -0.05) is 13.3 Å². The van der Waals surface area contributed by atoms with Crippen LogP contribution >= 0.6 is 0 Å². The minimum Gasteiger partial charge on any atom is -0.480 e. The van der Waals surface area contributed by atoms with Crippen LogP contribution in [0.2, 0.25) is 0 Å². The molecular formula is C5H12N2O2. The Hall–Kier alpha value is -0.610. The number of hydrazine groups is 1. The van der Waals surface area contributed by atoms with Crippen LogP contribution in [-0.4, -0.2) is 17.1 Å². The molecule has 0 aromatic rings. The summed E-state index contributed by atoms with van der Waals surface area (Å²) < 4.78 is 0. The number of aliphatic carboxylic acids is 1. The Kier molecular flexibility index (Phi) is 4.00. The van der Waals surface area contributed by atoms with Gasteiger partial charge in [0.15, 0.2) is 0 Å². The maximum Gasteiger partial charge on any atom is 0.322 e.